The van der Waals surface area contributed by atoms with Crippen LogP contribution in [0.1, 0.15) is 33.7 Å². The summed E-state index contributed by atoms with van der Waals surface area (Å²) in [6, 6.07) is 5.25. The molecule has 1 aliphatic heterocycles. The highest BCUT2D eigenvalue weighted by atomic mass is 19.1. The van der Waals surface area contributed by atoms with Crippen LogP contribution in [0.25, 0.3) is 0 Å². The number of carbonyl (C=O) groups excluding carboxylic acids is 2. The van der Waals surface area contributed by atoms with Crippen molar-refractivity contribution in [1.29, 1.82) is 0 Å². The lowest BCUT2D eigenvalue weighted by molar-refractivity contribution is 0.0925. The Balaban J connectivity index is 1.67. The van der Waals surface area contributed by atoms with Crippen LogP contribution in [-0.4, -0.2) is 41.1 Å². The molecule has 2 amide bonds. The number of hydrogen-bond acceptors (Lipinski definition) is 4. The monoisotopic (exact) mass is 331 g/mol. The van der Waals surface area contributed by atoms with Gasteiger partial charge in [-0.2, -0.15) is 5.10 Å². The lowest BCUT2D eigenvalue weighted by atomic mass is 10.1. The topological polar surface area (TPSA) is 98.9 Å². The van der Waals surface area contributed by atoms with Gasteiger partial charge < -0.3 is 16.0 Å². The zero-order valence-corrected chi connectivity index (χ0v) is 12.9. The molecule has 0 spiro atoms. The van der Waals surface area contributed by atoms with Gasteiger partial charge in [0.05, 0.1) is 5.69 Å². The molecule has 1 saturated heterocycles. The van der Waals surface area contributed by atoms with E-state index in [1.165, 1.54) is 30.5 Å². The summed E-state index contributed by atoms with van der Waals surface area (Å²) in [6.45, 7) is 1.72. The van der Waals surface area contributed by atoms with Crippen molar-refractivity contribution in [3.05, 3.63) is 47.5 Å². The molecule has 4 N–H and O–H groups in total. The first-order chi connectivity index (χ1) is 11.6. The predicted octanol–water partition coefficient (Wildman–Crippen LogP) is 1.28. The van der Waals surface area contributed by atoms with Crippen molar-refractivity contribution >= 4 is 17.5 Å². The molecule has 0 radical (unpaired) electrons. The zero-order valence-electron chi connectivity index (χ0n) is 12.9. The molecule has 0 aliphatic carbocycles. The second kappa shape index (κ2) is 7.22. The predicted molar refractivity (Wildman–Crippen MR) is 86.3 cm³/mol. The Morgan fingerprint density at radius 3 is 2.54 bits per heavy atom. The van der Waals surface area contributed by atoms with Crippen molar-refractivity contribution in [3.63, 3.8) is 0 Å². The number of nitrogens with one attached hydrogen (secondary N) is 4. The first-order valence-corrected chi connectivity index (χ1v) is 7.76. The van der Waals surface area contributed by atoms with Crippen LogP contribution in [0.3, 0.4) is 0 Å². The fourth-order valence-corrected chi connectivity index (χ4v) is 2.57. The van der Waals surface area contributed by atoms with Crippen LogP contribution >= 0.6 is 0 Å². The molecule has 7 nitrogen and oxygen atoms in total. The molecule has 3 rings (SSSR count). The summed E-state index contributed by atoms with van der Waals surface area (Å²) in [5.74, 6) is -1.19. The van der Waals surface area contributed by atoms with Gasteiger partial charge in [-0.25, -0.2) is 4.39 Å². The second-order valence-corrected chi connectivity index (χ2v) is 5.61. The summed E-state index contributed by atoms with van der Waals surface area (Å²) in [4.78, 5) is 24.5. The number of rotatable bonds is 4. The maximum Gasteiger partial charge on any atom is 0.274 e. The third kappa shape index (κ3) is 3.77. The Morgan fingerprint density at radius 2 is 1.83 bits per heavy atom. The molecular weight excluding hydrogens is 313 g/mol. The van der Waals surface area contributed by atoms with Crippen molar-refractivity contribution in [2.24, 2.45) is 0 Å². The number of hydrogen-bond donors (Lipinski definition) is 4. The Kier molecular flexibility index (Phi) is 4.85. The van der Waals surface area contributed by atoms with Gasteiger partial charge in [-0.3, -0.25) is 14.7 Å². The van der Waals surface area contributed by atoms with Crippen LogP contribution in [0, 0.1) is 5.82 Å². The van der Waals surface area contributed by atoms with E-state index < -0.39 is 11.7 Å². The number of H-pyrrole nitrogens is 1. The normalized spacial score (nSPS) is 15.0. The standard InChI is InChI=1S/C16H18FN5O2/c17-11-3-1-10(2-4-11)15(23)21-13-9-19-22-14(13)16(24)20-12-5-7-18-8-6-12/h1-4,9,12,18H,5-8H2,(H,19,22)(H,20,24)(H,21,23). The van der Waals surface area contributed by atoms with Gasteiger partial charge in [0.1, 0.15) is 5.82 Å². The van der Waals surface area contributed by atoms with Crippen LogP contribution < -0.4 is 16.0 Å². The van der Waals surface area contributed by atoms with Crippen molar-refractivity contribution in [2.75, 3.05) is 18.4 Å². The van der Waals surface area contributed by atoms with Gasteiger partial charge in [0, 0.05) is 17.8 Å². The highest BCUT2D eigenvalue weighted by Gasteiger charge is 2.21. The summed E-state index contributed by atoms with van der Waals surface area (Å²) in [5.41, 5.74) is 0.710. The van der Waals surface area contributed by atoms with Crippen molar-refractivity contribution < 1.29 is 14.0 Å². The van der Waals surface area contributed by atoms with E-state index in [9.17, 15) is 14.0 Å². The minimum absolute atomic E-state index is 0.0936. The van der Waals surface area contributed by atoms with Crippen molar-refractivity contribution in [2.45, 2.75) is 18.9 Å². The summed E-state index contributed by atoms with van der Waals surface area (Å²) in [5, 5.41) is 15.3. The van der Waals surface area contributed by atoms with E-state index in [-0.39, 0.29) is 23.3 Å². The first-order valence-electron chi connectivity index (χ1n) is 7.76. The molecular formula is C16H18FN5O2. The molecule has 24 heavy (non-hydrogen) atoms. The average molecular weight is 331 g/mol. The second-order valence-electron chi connectivity index (χ2n) is 5.61. The molecule has 0 saturated carbocycles. The number of anilines is 1. The van der Waals surface area contributed by atoms with Gasteiger partial charge in [0.2, 0.25) is 0 Å². The summed E-state index contributed by atoms with van der Waals surface area (Å²) in [7, 11) is 0. The number of nitrogens with zero attached hydrogens (tertiary/aromatic N) is 1. The highest BCUT2D eigenvalue weighted by molar-refractivity contribution is 6.08. The van der Waals surface area contributed by atoms with E-state index in [4.69, 9.17) is 0 Å². The van der Waals surface area contributed by atoms with Gasteiger partial charge >= 0.3 is 0 Å². The van der Waals surface area contributed by atoms with E-state index >= 15 is 0 Å². The van der Waals surface area contributed by atoms with E-state index in [1.54, 1.807) is 0 Å². The maximum atomic E-state index is 12.9. The first kappa shape index (κ1) is 16.1. The van der Waals surface area contributed by atoms with E-state index in [0.29, 0.717) is 5.56 Å². The van der Waals surface area contributed by atoms with Crippen LogP contribution in [0.15, 0.2) is 30.5 Å². The number of carbonyl (C=O) groups is 2. The third-order valence-corrected chi connectivity index (χ3v) is 3.88. The molecule has 0 bridgehead atoms. The number of piperidine rings is 1. The molecule has 8 heteroatoms. The highest BCUT2D eigenvalue weighted by Crippen LogP contribution is 2.15. The largest absolute Gasteiger partial charge is 0.348 e. The Bertz CT molecular complexity index is 722. The maximum absolute atomic E-state index is 12.9. The lowest BCUT2D eigenvalue weighted by Crippen LogP contribution is -2.43. The summed E-state index contributed by atoms with van der Waals surface area (Å²) in [6.07, 6.45) is 3.15. The molecule has 1 aromatic heterocycles. The molecule has 1 fully saturated rings. The van der Waals surface area contributed by atoms with Crippen LogP contribution in [0.4, 0.5) is 10.1 Å². The van der Waals surface area contributed by atoms with E-state index in [0.717, 1.165) is 25.9 Å². The van der Waals surface area contributed by atoms with Crippen LogP contribution in [0.2, 0.25) is 0 Å². The molecule has 0 atom stereocenters. The Morgan fingerprint density at radius 1 is 1.12 bits per heavy atom. The number of benzene rings is 1. The van der Waals surface area contributed by atoms with E-state index in [1.807, 2.05) is 0 Å². The van der Waals surface area contributed by atoms with Gasteiger partial charge in [-0.15, -0.1) is 0 Å². The summed E-state index contributed by atoms with van der Waals surface area (Å²) < 4.78 is 12.9. The third-order valence-electron chi connectivity index (χ3n) is 3.88. The van der Waals surface area contributed by atoms with Crippen LogP contribution in [-0.2, 0) is 0 Å². The van der Waals surface area contributed by atoms with Crippen molar-refractivity contribution in [1.82, 2.24) is 20.8 Å². The molecule has 2 heterocycles. The molecule has 1 aliphatic rings. The number of aromatic amines is 1. The Labute approximate surface area is 138 Å². The van der Waals surface area contributed by atoms with Gasteiger partial charge in [0.25, 0.3) is 11.8 Å². The van der Waals surface area contributed by atoms with Crippen LogP contribution in [0.5, 0.6) is 0 Å². The minimum atomic E-state index is -0.438. The number of amides is 2. The fourth-order valence-electron chi connectivity index (χ4n) is 2.57. The van der Waals surface area contributed by atoms with E-state index in [2.05, 4.69) is 26.1 Å². The van der Waals surface area contributed by atoms with Gasteiger partial charge in [0.15, 0.2) is 5.69 Å². The lowest BCUT2D eigenvalue weighted by Gasteiger charge is -2.23. The Hall–Kier alpha value is -2.74. The fraction of sp³-hybridized carbons (Fsp3) is 0.312. The quantitative estimate of drug-likeness (QED) is 0.678. The average Bonchev–Trinajstić information content (AvgIpc) is 3.04. The van der Waals surface area contributed by atoms with Gasteiger partial charge in [-0.05, 0) is 50.2 Å². The molecule has 126 valence electrons. The summed E-state index contributed by atoms with van der Waals surface area (Å²) >= 11 is 0. The number of halogens is 1. The molecule has 1 aromatic carbocycles. The SMILES string of the molecule is O=C(Nc1c[nH]nc1C(=O)NC1CCNCC1)c1ccc(F)cc1. The minimum Gasteiger partial charge on any atom is -0.348 e. The number of aromatic nitrogens is 2. The van der Waals surface area contributed by atoms with Crippen molar-refractivity contribution in [3.8, 4) is 0 Å². The molecule has 0 unspecified atom stereocenters. The zero-order chi connectivity index (χ0) is 16.9. The smallest absolute Gasteiger partial charge is 0.274 e. The van der Waals surface area contributed by atoms with Gasteiger partial charge in [-0.1, -0.05) is 0 Å². The molecule has 2 aromatic rings.